The SMILES string of the molecule is CC(C)CCCCCCCCCCCCCCCCCCCCC(=O)O[C@H](COC(=O)CCCCCCCCCC(C)C)COP(=O)(O)OCC(O)COP(=O)(O)OC[C@@H](COC(=O)CCCCCCCCCCCCCCC(C)C)OC(=O)CCCCCCCCCCC(C)C. The molecule has 19 heteroatoms. The summed E-state index contributed by atoms with van der Waals surface area (Å²) < 4.78 is 68.5. The number of carbonyl (C=O) groups excluding carboxylic acids is 4. The number of ether oxygens (including phenoxy) is 4. The van der Waals surface area contributed by atoms with Gasteiger partial charge in [-0.2, -0.15) is 0 Å². The van der Waals surface area contributed by atoms with Crippen molar-refractivity contribution in [2.24, 2.45) is 23.7 Å². The van der Waals surface area contributed by atoms with Crippen molar-refractivity contribution in [3.05, 3.63) is 0 Å². The van der Waals surface area contributed by atoms with Gasteiger partial charge in [-0.05, 0) is 49.4 Å². The third kappa shape index (κ3) is 72.2. The van der Waals surface area contributed by atoms with Gasteiger partial charge in [-0.1, -0.05) is 344 Å². The van der Waals surface area contributed by atoms with E-state index in [0.717, 1.165) is 114 Å². The molecule has 576 valence electrons. The molecular formula is C78H152O17P2. The van der Waals surface area contributed by atoms with Crippen LogP contribution in [0.25, 0.3) is 0 Å². The molecule has 3 N–H and O–H groups in total. The van der Waals surface area contributed by atoms with E-state index in [0.29, 0.717) is 31.6 Å². The molecule has 0 aromatic carbocycles. The molecule has 0 aliphatic rings. The molecule has 0 aromatic heterocycles. The van der Waals surface area contributed by atoms with Crippen LogP contribution in [-0.2, 0) is 65.4 Å². The largest absolute Gasteiger partial charge is 0.472 e. The summed E-state index contributed by atoms with van der Waals surface area (Å²) in [6.45, 7) is 14.2. The number of hydrogen-bond donors (Lipinski definition) is 3. The highest BCUT2D eigenvalue weighted by molar-refractivity contribution is 7.47. The zero-order chi connectivity index (χ0) is 71.7. The summed E-state index contributed by atoms with van der Waals surface area (Å²) in [5, 5.41) is 10.6. The minimum atomic E-state index is -4.96. The molecular weight excluding hydrogens is 1270 g/mol. The average Bonchev–Trinajstić information content (AvgIpc) is 1.31. The van der Waals surface area contributed by atoms with Crippen LogP contribution in [0.4, 0.5) is 0 Å². The lowest BCUT2D eigenvalue weighted by Crippen LogP contribution is -2.30. The molecule has 0 saturated carbocycles. The van der Waals surface area contributed by atoms with Crippen molar-refractivity contribution in [2.75, 3.05) is 39.6 Å². The topological polar surface area (TPSA) is 237 Å². The highest BCUT2D eigenvalue weighted by Crippen LogP contribution is 2.45. The van der Waals surface area contributed by atoms with Crippen LogP contribution < -0.4 is 0 Å². The molecule has 97 heavy (non-hydrogen) atoms. The second-order valence-corrected chi connectivity index (χ2v) is 32.9. The Morgan fingerprint density at radius 1 is 0.258 bits per heavy atom. The molecule has 17 nitrogen and oxygen atoms in total. The molecule has 0 aromatic rings. The molecule has 0 aliphatic heterocycles. The Hall–Kier alpha value is -1.94. The number of phosphoric ester groups is 2. The van der Waals surface area contributed by atoms with E-state index in [1.165, 1.54) is 193 Å². The fourth-order valence-corrected chi connectivity index (χ4v) is 13.5. The van der Waals surface area contributed by atoms with Gasteiger partial charge in [0.25, 0.3) is 0 Å². The maximum Gasteiger partial charge on any atom is 0.472 e. The zero-order valence-corrected chi connectivity index (χ0v) is 65.5. The summed E-state index contributed by atoms with van der Waals surface area (Å²) in [5.74, 6) is 0.904. The summed E-state index contributed by atoms with van der Waals surface area (Å²) in [6, 6.07) is 0. The van der Waals surface area contributed by atoms with E-state index < -0.39 is 97.5 Å². The fraction of sp³-hybridized carbons (Fsp3) is 0.949. The number of aliphatic hydroxyl groups is 1. The third-order valence-electron chi connectivity index (χ3n) is 18.1. The molecule has 0 bridgehead atoms. The van der Waals surface area contributed by atoms with Gasteiger partial charge in [0.15, 0.2) is 12.2 Å². The van der Waals surface area contributed by atoms with Crippen molar-refractivity contribution < 1.29 is 80.2 Å². The van der Waals surface area contributed by atoms with E-state index in [4.69, 9.17) is 37.0 Å². The first-order valence-corrected chi connectivity index (χ1v) is 43.2. The number of hydrogen-bond acceptors (Lipinski definition) is 15. The first kappa shape index (κ1) is 95.1. The second-order valence-electron chi connectivity index (χ2n) is 30.0. The van der Waals surface area contributed by atoms with E-state index in [1.54, 1.807) is 0 Å². The Morgan fingerprint density at radius 3 is 0.639 bits per heavy atom. The molecule has 0 rings (SSSR count). The standard InChI is InChI=1S/C78H152O17P2/c1-68(2)54-46-38-30-23-19-15-13-11-9-10-12-14-16-22-26-35-44-52-60-77(82)94-74(65-89-76(81)59-51-43-37-29-33-41-49-57-71(7)8)67-93-97(86,87)91-63-72(79)62-90-96(84,85)92-66-73(95-78(83)61-53-45-36-28-27-32-40-48-56-70(5)6)64-88-75(80)58-50-42-34-25-21-18-17-20-24-31-39-47-55-69(3)4/h68-74,79H,9-67H2,1-8H3,(H,84,85)(H,86,87)/t72?,73-,74-/m1/s1. The van der Waals surface area contributed by atoms with Crippen LogP contribution in [-0.4, -0.2) is 96.7 Å². The van der Waals surface area contributed by atoms with Gasteiger partial charge in [0, 0.05) is 25.7 Å². The van der Waals surface area contributed by atoms with E-state index in [-0.39, 0.29) is 25.7 Å². The van der Waals surface area contributed by atoms with Crippen LogP contribution in [0.1, 0.15) is 396 Å². The third-order valence-corrected chi connectivity index (χ3v) is 20.0. The lowest BCUT2D eigenvalue weighted by Gasteiger charge is -2.21. The molecule has 0 heterocycles. The molecule has 0 saturated heterocycles. The maximum atomic E-state index is 13.1. The van der Waals surface area contributed by atoms with Crippen molar-refractivity contribution in [1.29, 1.82) is 0 Å². The molecule has 3 unspecified atom stereocenters. The second kappa shape index (κ2) is 67.2. The van der Waals surface area contributed by atoms with Gasteiger partial charge in [0.05, 0.1) is 26.4 Å². The van der Waals surface area contributed by atoms with Gasteiger partial charge >= 0.3 is 39.5 Å². The number of unbranched alkanes of at least 4 members (excludes halogenated alkanes) is 41. The van der Waals surface area contributed by atoms with Crippen molar-refractivity contribution in [3.63, 3.8) is 0 Å². The summed E-state index contributed by atoms with van der Waals surface area (Å²) in [6.07, 6.45) is 53.0. The Kier molecular flexibility index (Phi) is 65.9. The predicted octanol–water partition coefficient (Wildman–Crippen LogP) is 22.8. The van der Waals surface area contributed by atoms with Gasteiger partial charge in [-0.3, -0.25) is 37.3 Å². The fourth-order valence-electron chi connectivity index (χ4n) is 11.9. The molecule has 5 atom stereocenters. The number of aliphatic hydroxyl groups excluding tert-OH is 1. The van der Waals surface area contributed by atoms with Gasteiger partial charge in [0.2, 0.25) is 0 Å². The van der Waals surface area contributed by atoms with E-state index in [9.17, 15) is 43.2 Å². The summed E-state index contributed by atoms with van der Waals surface area (Å²) in [7, 11) is -9.91. The Labute approximate surface area is 594 Å². The van der Waals surface area contributed by atoms with E-state index in [1.807, 2.05) is 0 Å². The highest BCUT2D eigenvalue weighted by Gasteiger charge is 2.30. The lowest BCUT2D eigenvalue weighted by molar-refractivity contribution is -0.161. The van der Waals surface area contributed by atoms with Crippen LogP contribution >= 0.6 is 15.6 Å². The number of rotatable bonds is 75. The monoisotopic (exact) mass is 1420 g/mol. The number of phosphoric acid groups is 2. The predicted molar refractivity (Wildman–Crippen MR) is 395 cm³/mol. The van der Waals surface area contributed by atoms with Crippen LogP contribution in [0.2, 0.25) is 0 Å². The van der Waals surface area contributed by atoms with Gasteiger partial charge in [0.1, 0.15) is 19.3 Å². The molecule has 0 fully saturated rings. The zero-order valence-electron chi connectivity index (χ0n) is 63.7. The summed E-state index contributed by atoms with van der Waals surface area (Å²) >= 11 is 0. The Balaban J connectivity index is 5.18. The van der Waals surface area contributed by atoms with Crippen LogP contribution in [0, 0.1) is 23.7 Å². The molecule has 0 spiro atoms. The average molecular weight is 1420 g/mol. The normalized spacial score (nSPS) is 14.1. The van der Waals surface area contributed by atoms with Gasteiger partial charge in [-0.25, -0.2) is 9.13 Å². The smallest absolute Gasteiger partial charge is 0.462 e. The van der Waals surface area contributed by atoms with Crippen molar-refractivity contribution in [1.82, 2.24) is 0 Å². The Bertz CT molecular complexity index is 1900. The van der Waals surface area contributed by atoms with Crippen LogP contribution in [0.3, 0.4) is 0 Å². The highest BCUT2D eigenvalue weighted by atomic mass is 31.2. The molecule has 0 aliphatic carbocycles. The van der Waals surface area contributed by atoms with Crippen molar-refractivity contribution >= 4 is 39.5 Å². The number of carbonyl (C=O) groups is 4. The van der Waals surface area contributed by atoms with Crippen LogP contribution in [0.5, 0.6) is 0 Å². The first-order chi connectivity index (χ1) is 46.6. The minimum absolute atomic E-state index is 0.104. The van der Waals surface area contributed by atoms with Gasteiger partial charge < -0.3 is 33.8 Å². The van der Waals surface area contributed by atoms with E-state index >= 15 is 0 Å². The first-order valence-electron chi connectivity index (χ1n) is 40.2. The quantitative estimate of drug-likeness (QED) is 0.0222. The summed E-state index contributed by atoms with van der Waals surface area (Å²) in [5.41, 5.74) is 0. The Morgan fingerprint density at radius 2 is 0.433 bits per heavy atom. The summed E-state index contributed by atoms with van der Waals surface area (Å²) in [4.78, 5) is 72.8. The lowest BCUT2D eigenvalue weighted by atomic mass is 10.0. The van der Waals surface area contributed by atoms with E-state index in [2.05, 4.69) is 55.4 Å². The minimum Gasteiger partial charge on any atom is -0.462 e. The van der Waals surface area contributed by atoms with Crippen molar-refractivity contribution in [2.45, 2.75) is 414 Å². The van der Waals surface area contributed by atoms with Crippen LogP contribution in [0.15, 0.2) is 0 Å². The number of esters is 4. The molecule has 0 amide bonds. The molecule has 0 radical (unpaired) electrons. The maximum absolute atomic E-state index is 13.1. The van der Waals surface area contributed by atoms with Gasteiger partial charge in [-0.15, -0.1) is 0 Å². The van der Waals surface area contributed by atoms with Crippen molar-refractivity contribution in [3.8, 4) is 0 Å².